The first-order valence-electron chi connectivity index (χ1n) is 12.0. The van der Waals surface area contributed by atoms with Gasteiger partial charge in [-0.3, -0.25) is 4.79 Å². The Labute approximate surface area is 206 Å². The average molecular weight is 466 g/mol. The summed E-state index contributed by atoms with van der Waals surface area (Å²) in [7, 11) is 0. The minimum Gasteiger partial charge on any atom is -0.330 e. The lowest BCUT2D eigenvalue weighted by Crippen LogP contribution is -2.40. The molecule has 0 aliphatic heterocycles. The van der Waals surface area contributed by atoms with Gasteiger partial charge in [0.2, 0.25) is 0 Å². The minimum absolute atomic E-state index is 0.0993. The average Bonchev–Trinajstić information content (AvgIpc) is 3.24. The van der Waals surface area contributed by atoms with Gasteiger partial charge in [-0.15, -0.1) is 0 Å². The molecule has 0 unspecified atom stereocenters. The van der Waals surface area contributed by atoms with Gasteiger partial charge in [-0.1, -0.05) is 62.4 Å². The lowest BCUT2D eigenvalue weighted by molar-refractivity contribution is 0.0605. The number of carbonyl (C=O) groups is 1. The summed E-state index contributed by atoms with van der Waals surface area (Å²) in [5.74, 6) is 0.835. The number of nitrogens with zero attached hydrogens (tertiary/aromatic N) is 4. The van der Waals surface area contributed by atoms with Crippen molar-refractivity contribution in [3.05, 3.63) is 101 Å². The van der Waals surface area contributed by atoms with Crippen LogP contribution in [0.3, 0.4) is 0 Å². The van der Waals surface area contributed by atoms with Gasteiger partial charge in [0.05, 0.1) is 28.7 Å². The fraction of sp³-hybridized carbons (Fsp3) is 0.276. The zero-order valence-electron chi connectivity index (χ0n) is 20.3. The molecule has 35 heavy (non-hydrogen) atoms. The van der Waals surface area contributed by atoms with Gasteiger partial charge < -0.3 is 15.2 Å². The van der Waals surface area contributed by atoms with E-state index < -0.39 is 0 Å². The first-order chi connectivity index (χ1) is 17.0. The van der Waals surface area contributed by atoms with Gasteiger partial charge >= 0.3 is 0 Å². The van der Waals surface area contributed by atoms with E-state index in [0.717, 1.165) is 16.9 Å². The van der Waals surface area contributed by atoms with Gasteiger partial charge in [-0.2, -0.15) is 5.26 Å². The second kappa shape index (κ2) is 11.0. The molecular weight excluding hydrogens is 434 g/mol. The molecule has 4 aromatic rings. The van der Waals surface area contributed by atoms with Crippen molar-refractivity contribution >= 4 is 16.9 Å². The highest BCUT2D eigenvalue weighted by Gasteiger charge is 2.32. The predicted octanol–water partition coefficient (Wildman–Crippen LogP) is 5.14. The summed E-state index contributed by atoms with van der Waals surface area (Å²) in [6.45, 7) is 5.87. The number of nitrogens with two attached hydrogens (primary N) is 1. The Bertz CT molecular complexity index is 1340. The summed E-state index contributed by atoms with van der Waals surface area (Å²) in [4.78, 5) is 20.8. The van der Waals surface area contributed by atoms with Crippen molar-refractivity contribution in [2.45, 2.75) is 32.9 Å². The van der Waals surface area contributed by atoms with Gasteiger partial charge in [-0.25, -0.2) is 4.98 Å². The number of aromatic nitrogens is 2. The van der Waals surface area contributed by atoms with Crippen LogP contribution in [0.2, 0.25) is 0 Å². The summed E-state index contributed by atoms with van der Waals surface area (Å²) in [5.41, 5.74) is 9.94. The standard InChI is InChI=1S/C29H31N5O/c1-21(2)27(33(17-9-16-30)29(35)24-13-8-12-23(18-24)19-31)28-32-25-14-6-7-15-26(25)34(28)20-22-10-4-3-5-11-22/h3-8,10-15,18,21,27H,9,16-17,20,30H2,1-2H3/t27-/m1/s1. The highest BCUT2D eigenvalue weighted by atomic mass is 16.2. The highest BCUT2D eigenvalue weighted by Crippen LogP contribution is 2.33. The molecule has 6 nitrogen and oxygen atoms in total. The second-order valence-corrected chi connectivity index (χ2v) is 9.05. The highest BCUT2D eigenvalue weighted by molar-refractivity contribution is 5.95. The maximum atomic E-state index is 13.9. The normalized spacial score (nSPS) is 12.0. The van der Waals surface area contributed by atoms with E-state index in [0.29, 0.717) is 37.2 Å². The van der Waals surface area contributed by atoms with E-state index in [1.807, 2.05) is 41.3 Å². The molecule has 0 bridgehead atoms. The topological polar surface area (TPSA) is 87.9 Å². The summed E-state index contributed by atoms with van der Waals surface area (Å²) >= 11 is 0. The second-order valence-electron chi connectivity index (χ2n) is 9.05. The molecule has 0 aliphatic rings. The van der Waals surface area contributed by atoms with Crippen LogP contribution in [0.5, 0.6) is 0 Å². The summed E-state index contributed by atoms with van der Waals surface area (Å²) in [6.07, 6.45) is 0.672. The molecule has 3 aromatic carbocycles. The van der Waals surface area contributed by atoms with E-state index >= 15 is 0 Å². The number of amides is 1. The third-order valence-corrected chi connectivity index (χ3v) is 6.20. The molecule has 178 valence electrons. The molecule has 6 heteroatoms. The maximum absolute atomic E-state index is 13.9. The lowest BCUT2D eigenvalue weighted by Gasteiger charge is -2.34. The summed E-state index contributed by atoms with van der Waals surface area (Å²) in [5, 5.41) is 9.35. The monoisotopic (exact) mass is 465 g/mol. The molecule has 0 fully saturated rings. The molecule has 0 radical (unpaired) electrons. The Balaban J connectivity index is 1.84. The zero-order valence-corrected chi connectivity index (χ0v) is 20.3. The van der Waals surface area contributed by atoms with E-state index in [4.69, 9.17) is 10.7 Å². The van der Waals surface area contributed by atoms with Crippen LogP contribution in [-0.2, 0) is 6.54 Å². The number of hydrogen-bond acceptors (Lipinski definition) is 4. The van der Waals surface area contributed by atoms with E-state index in [9.17, 15) is 10.1 Å². The van der Waals surface area contributed by atoms with Crippen molar-refractivity contribution in [1.82, 2.24) is 14.5 Å². The first kappa shape index (κ1) is 24.2. The number of rotatable bonds is 9. The molecule has 1 atom stereocenters. The Kier molecular flexibility index (Phi) is 7.59. The van der Waals surface area contributed by atoms with Crippen molar-refractivity contribution in [2.75, 3.05) is 13.1 Å². The SMILES string of the molecule is CC(C)[C@H](c1nc2ccccc2n1Cc1ccccc1)N(CCCN)C(=O)c1cccc(C#N)c1. The Morgan fingerprint density at radius 2 is 1.80 bits per heavy atom. The quantitative estimate of drug-likeness (QED) is 0.370. The first-order valence-corrected chi connectivity index (χ1v) is 12.0. The van der Waals surface area contributed by atoms with Gasteiger partial charge in [-0.05, 0) is 54.8 Å². The van der Waals surface area contributed by atoms with Gasteiger partial charge in [0.25, 0.3) is 5.91 Å². The molecule has 0 spiro atoms. The summed E-state index contributed by atoms with van der Waals surface area (Å²) in [6, 6.07) is 27.1. The van der Waals surface area contributed by atoms with Crippen LogP contribution >= 0.6 is 0 Å². The van der Waals surface area contributed by atoms with Gasteiger partial charge in [0.1, 0.15) is 5.82 Å². The third kappa shape index (κ3) is 5.26. The number of imidazole rings is 1. The molecule has 4 rings (SSSR count). The molecule has 1 heterocycles. The van der Waals surface area contributed by atoms with Crippen molar-refractivity contribution in [2.24, 2.45) is 11.7 Å². The van der Waals surface area contributed by atoms with Crippen LogP contribution < -0.4 is 5.73 Å². The van der Waals surface area contributed by atoms with Gasteiger partial charge in [0.15, 0.2) is 0 Å². The van der Waals surface area contributed by atoms with E-state index in [2.05, 4.69) is 42.7 Å². The number of benzene rings is 3. The van der Waals surface area contributed by atoms with E-state index in [-0.39, 0.29) is 17.9 Å². The van der Waals surface area contributed by atoms with Crippen LogP contribution in [-0.4, -0.2) is 33.4 Å². The van der Waals surface area contributed by atoms with Crippen molar-refractivity contribution in [3.63, 3.8) is 0 Å². The van der Waals surface area contributed by atoms with Crippen LogP contribution in [0.4, 0.5) is 0 Å². The molecular formula is C29H31N5O. The zero-order chi connectivity index (χ0) is 24.8. The Morgan fingerprint density at radius 1 is 1.06 bits per heavy atom. The van der Waals surface area contributed by atoms with Crippen LogP contribution in [0.25, 0.3) is 11.0 Å². The maximum Gasteiger partial charge on any atom is 0.254 e. The number of para-hydroxylation sites is 2. The molecule has 1 aromatic heterocycles. The number of carbonyl (C=O) groups excluding carboxylic acids is 1. The van der Waals surface area contributed by atoms with Crippen molar-refractivity contribution in [3.8, 4) is 6.07 Å². The lowest BCUT2D eigenvalue weighted by atomic mass is 9.99. The summed E-state index contributed by atoms with van der Waals surface area (Å²) < 4.78 is 2.23. The van der Waals surface area contributed by atoms with Crippen LogP contribution in [0.15, 0.2) is 78.9 Å². The Morgan fingerprint density at radius 3 is 2.51 bits per heavy atom. The number of hydrogen-bond donors (Lipinski definition) is 1. The molecule has 0 saturated carbocycles. The number of nitriles is 1. The predicted molar refractivity (Wildman–Crippen MR) is 139 cm³/mol. The van der Waals surface area contributed by atoms with E-state index in [1.165, 1.54) is 5.56 Å². The Hall–Kier alpha value is -3.95. The molecule has 0 aliphatic carbocycles. The van der Waals surface area contributed by atoms with Crippen molar-refractivity contribution in [1.29, 1.82) is 5.26 Å². The fourth-order valence-corrected chi connectivity index (χ4v) is 4.57. The fourth-order valence-electron chi connectivity index (χ4n) is 4.57. The third-order valence-electron chi connectivity index (χ3n) is 6.20. The van der Waals surface area contributed by atoms with Gasteiger partial charge in [0, 0.05) is 18.7 Å². The van der Waals surface area contributed by atoms with Crippen LogP contribution in [0, 0.1) is 17.2 Å². The smallest absolute Gasteiger partial charge is 0.254 e. The minimum atomic E-state index is -0.268. The number of fused-ring (bicyclic) bond motifs is 1. The largest absolute Gasteiger partial charge is 0.330 e. The van der Waals surface area contributed by atoms with E-state index in [1.54, 1.807) is 24.3 Å². The molecule has 2 N–H and O–H groups in total. The van der Waals surface area contributed by atoms with Crippen LogP contribution in [0.1, 0.15) is 53.6 Å². The van der Waals surface area contributed by atoms with Crippen molar-refractivity contribution < 1.29 is 4.79 Å². The molecule has 1 amide bonds. The molecule has 0 saturated heterocycles.